The molecule has 0 radical (unpaired) electrons. The quantitative estimate of drug-likeness (QED) is 0.786. The second-order valence-corrected chi connectivity index (χ2v) is 6.07. The summed E-state index contributed by atoms with van der Waals surface area (Å²) in [5, 5.41) is 0. The Bertz CT molecular complexity index is 785. The van der Waals surface area contributed by atoms with Crippen LogP contribution in [0, 0.1) is 0 Å². The highest BCUT2D eigenvalue weighted by atomic mass is 16.6. The third kappa shape index (κ3) is 2.91. The first kappa shape index (κ1) is 15.5. The molecule has 25 heavy (non-hydrogen) atoms. The molecule has 4 rings (SSSR count). The van der Waals surface area contributed by atoms with E-state index in [4.69, 9.17) is 9.15 Å². The minimum atomic E-state index is -0.509. The van der Waals surface area contributed by atoms with Crippen molar-refractivity contribution in [3.05, 3.63) is 66.1 Å². The van der Waals surface area contributed by atoms with Crippen LogP contribution in [-0.4, -0.2) is 47.0 Å². The first-order valence-electron chi connectivity index (χ1n) is 8.23. The van der Waals surface area contributed by atoms with E-state index in [2.05, 4.69) is 0 Å². The zero-order chi connectivity index (χ0) is 17.2. The first-order chi connectivity index (χ1) is 12.2. The van der Waals surface area contributed by atoms with E-state index in [0.29, 0.717) is 25.5 Å². The molecule has 2 unspecified atom stereocenters. The molecule has 6 nitrogen and oxygen atoms in total. The maximum Gasteiger partial charge on any atom is 0.410 e. The van der Waals surface area contributed by atoms with Crippen LogP contribution in [0.5, 0.6) is 0 Å². The highest BCUT2D eigenvalue weighted by Crippen LogP contribution is 2.30. The molecule has 2 aromatic rings. The number of carbonyl (C=O) groups is 2. The molecule has 2 aliphatic heterocycles. The highest BCUT2D eigenvalue weighted by molar-refractivity contribution is 5.93. The van der Waals surface area contributed by atoms with Crippen molar-refractivity contribution in [2.24, 2.45) is 0 Å². The van der Waals surface area contributed by atoms with Crippen molar-refractivity contribution in [3.8, 4) is 0 Å². The van der Waals surface area contributed by atoms with E-state index in [1.165, 1.54) is 4.90 Å². The van der Waals surface area contributed by atoms with E-state index in [9.17, 15) is 9.59 Å². The van der Waals surface area contributed by atoms with Crippen LogP contribution < -0.4 is 0 Å². The van der Waals surface area contributed by atoms with Crippen molar-refractivity contribution in [3.63, 3.8) is 0 Å². The van der Waals surface area contributed by atoms with Gasteiger partial charge in [-0.15, -0.1) is 0 Å². The third-order valence-corrected chi connectivity index (χ3v) is 4.54. The summed E-state index contributed by atoms with van der Waals surface area (Å²) in [4.78, 5) is 27.9. The molecule has 0 N–H and O–H groups in total. The van der Waals surface area contributed by atoms with Gasteiger partial charge in [0.25, 0.3) is 0 Å². The van der Waals surface area contributed by atoms with Crippen molar-refractivity contribution < 1.29 is 18.7 Å². The van der Waals surface area contributed by atoms with Gasteiger partial charge in [0.15, 0.2) is 0 Å². The number of ether oxygens (including phenoxy) is 1. The molecule has 3 heterocycles. The van der Waals surface area contributed by atoms with Gasteiger partial charge >= 0.3 is 6.09 Å². The summed E-state index contributed by atoms with van der Waals surface area (Å²) in [5.74, 6) is 0.651. The lowest BCUT2D eigenvalue weighted by molar-refractivity contribution is -0.154. The summed E-state index contributed by atoms with van der Waals surface area (Å²) in [6.07, 6.45) is 4.93. The Balaban J connectivity index is 1.57. The Labute approximate surface area is 145 Å². The van der Waals surface area contributed by atoms with E-state index in [1.807, 2.05) is 54.6 Å². The first-order valence-corrected chi connectivity index (χ1v) is 8.23. The molecule has 0 spiro atoms. The number of nitrogens with zero attached hydrogens (tertiary/aromatic N) is 2. The van der Waals surface area contributed by atoms with Crippen LogP contribution in [0.25, 0.3) is 6.08 Å². The van der Waals surface area contributed by atoms with E-state index in [-0.39, 0.29) is 11.9 Å². The van der Waals surface area contributed by atoms with Gasteiger partial charge in [0.1, 0.15) is 18.4 Å². The molecule has 1 aromatic heterocycles. The molecule has 6 heteroatoms. The summed E-state index contributed by atoms with van der Waals surface area (Å²) >= 11 is 0. The van der Waals surface area contributed by atoms with E-state index in [1.54, 1.807) is 11.2 Å². The SMILES string of the molecule is O=C1C(N2CCOC2=O)C(/C=C/c2ccco2)N1Cc1ccccc1. The Kier molecular flexibility index (Phi) is 4.01. The summed E-state index contributed by atoms with van der Waals surface area (Å²) in [6, 6.07) is 12.7. The second-order valence-electron chi connectivity index (χ2n) is 6.07. The van der Waals surface area contributed by atoms with E-state index in [0.717, 1.165) is 5.56 Å². The molecule has 2 aliphatic rings. The number of hydrogen-bond donors (Lipinski definition) is 0. The monoisotopic (exact) mass is 338 g/mol. The lowest BCUT2D eigenvalue weighted by atomic mass is 9.92. The highest BCUT2D eigenvalue weighted by Gasteiger charge is 2.52. The van der Waals surface area contributed by atoms with E-state index < -0.39 is 12.1 Å². The number of amides is 2. The Morgan fingerprint density at radius 1 is 1.12 bits per heavy atom. The van der Waals surface area contributed by atoms with Crippen molar-refractivity contribution >= 4 is 18.1 Å². The molecule has 0 bridgehead atoms. The summed E-state index contributed by atoms with van der Waals surface area (Å²) < 4.78 is 10.3. The predicted octanol–water partition coefficient (Wildman–Crippen LogP) is 2.52. The Morgan fingerprint density at radius 2 is 1.96 bits per heavy atom. The number of β-lactam (4-membered cyclic amide) rings is 1. The van der Waals surface area contributed by atoms with Crippen molar-refractivity contribution in [1.29, 1.82) is 0 Å². The van der Waals surface area contributed by atoms with Gasteiger partial charge in [-0.2, -0.15) is 0 Å². The third-order valence-electron chi connectivity index (χ3n) is 4.54. The summed E-state index contributed by atoms with van der Waals surface area (Å²) in [5.41, 5.74) is 1.05. The summed E-state index contributed by atoms with van der Waals surface area (Å²) in [6.45, 7) is 1.28. The number of rotatable bonds is 5. The van der Waals surface area contributed by atoms with Gasteiger partial charge in [0.05, 0.1) is 18.8 Å². The van der Waals surface area contributed by atoms with Crippen LogP contribution >= 0.6 is 0 Å². The Hall–Kier alpha value is -3.02. The smallest absolute Gasteiger partial charge is 0.410 e. The molecular formula is C19H18N2O4. The van der Waals surface area contributed by atoms with E-state index >= 15 is 0 Å². The molecule has 0 aliphatic carbocycles. The fourth-order valence-corrected chi connectivity index (χ4v) is 3.28. The van der Waals surface area contributed by atoms with Gasteiger partial charge in [-0.3, -0.25) is 9.69 Å². The number of cyclic esters (lactones) is 1. The molecule has 128 valence electrons. The zero-order valence-electron chi connectivity index (χ0n) is 13.6. The maximum atomic E-state index is 12.7. The van der Waals surface area contributed by atoms with Crippen LogP contribution in [0.15, 0.2) is 59.2 Å². The fraction of sp³-hybridized carbons (Fsp3) is 0.263. The molecule has 1 aromatic carbocycles. The molecular weight excluding hydrogens is 320 g/mol. The second kappa shape index (κ2) is 6.47. The molecule has 2 atom stereocenters. The lowest BCUT2D eigenvalue weighted by Crippen LogP contribution is -2.69. The van der Waals surface area contributed by atoms with Crippen LogP contribution in [0.1, 0.15) is 11.3 Å². The van der Waals surface area contributed by atoms with Gasteiger partial charge < -0.3 is 14.1 Å². The molecule has 0 saturated carbocycles. The number of benzene rings is 1. The molecule has 2 fully saturated rings. The zero-order valence-corrected chi connectivity index (χ0v) is 13.6. The Morgan fingerprint density at radius 3 is 2.64 bits per heavy atom. The van der Waals surface area contributed by atoms with Gasteiger partial charge in [-0.1, -0.05) is 36.4 Å². The number of carbonyl (C=O) groups excluding carboxylic acids is 2. The lowest BCUT2D eigenvalue weighted by Gasteiger charge is -2.48. The molecule has 2 saturated heterocycles. The van der Waals surface area contributed by atoms with Crippen LogP contribution in [0.2, 0.25) is 0 Å². The van der Waals surface area contributed by atoms with Gasteiger partial charge in [-0.25, -0.2) is 4.79 Å². The number of furan rings is 1. The average Bonchev–Trinajstić information content (AvgIpc) is 3.29. The standard InChI is InChI=1S/C19H18N2O4/c22-18-17(20-10-12-25-19(20)23)16(9-8-15-7-4-11-24-15)21(18)13-14-5-2-1-3-6-14/h1-9,11,16-17H,10,12-13H2/b9-8+. The van der Waals surface area contributed by atoms with Crippen LogP contribution in [-0.2, 0) is 16.1 Å². The fourth-order valence-electron chi connectivity index (χ4n) is 3.28. The van der Waals surface area contributed by atoms with Crippen LogP contribution in [0.4, 0.5) is 4.79 Å². The van der Waals surface area contributed by atoms with Gasteiger partial charge in [0, 0.05) is 6.54 Å². The minimum absolute atomic E-state index is 0.0585. The number of likely N-dealkylation sites (tertiary alicyclic amines) is 1. The largest absolute Gasteiger partial charge is 0.465 e. The van der Waals surface area contributed by atoms with Gasteiger partial charge in [0.2, 0.25) is 5.91 Å². The minimum Gasteiger partial charge on any atom is -0.465 e. The molecule has 2 amide bonds. The predicted molar refractivity (Wildman–Crippen MR) is 90.4 cm³/mol. The van der Waals surface area contributed by atoms with Crippen LogP contribution in [0.3, 0.4) is 0 Å². The van der Waals surface area contributed by atoms with Crippen molar-refractivity contribution in [2.45, 2.75) is 18.6 Å². The van der Waals surface area contributed by atoms with Crippen molar-refractivity contribution in [1.82, 2.24) is 9.80 Å². The van der Waals surface area contributed by atoms with Gasteiger partial charge in [-0.05, 0) is 23.8 Å². The summed E-state index contributed by atoms with van der Waals surface area (Å²) in [7, 11) is 0. The van der Waals surface area contributed by atoms with Crippen molar-refractivity contribution in [2.75, 3.05) is 13.2 Å². The maximum absolute atomic E-state index is 12.7. The topological polar surface area (TPSA) is 63.0 Å². The average molecular weight is 338 g/mol. The number of hydrogen-bond acceptors (Lipinski definition) is 4. The normalized spacial score (nSPS) is 23.2.